The Morgan fingerprint density at radius 3 is 2.11 bits per heavy atom. The average Bonchev–Trinajstić information content (AvgIpc) is 2.29. The maximum atomic E-state index is 8.61. The van der Waals surface area contributed by atoms with Crippen LogP contribution in [0.25, 0.3) is 0 Å². The summed E-state index contributed by atoms with van der Waals surface area (Å²) in [6.07, 6.45) is 8.16. The maximum Gasteiger partial charge on any atom is 0.102 e. The first-order valence-corrected chi connectivity index (χ1v) is 7.13. The van der Waals surface area contributed by atoms with Gasteiger partial charge < -0.3 is 31.3 Å². The molecule has 0 aliphatic carbocycles. The normalized spacial score (nSPS) is 11.3. The fourth-order valence-corrected chi connectivity index (χ4v) is 1.91. The van der Waals surface area contributed by atoms with Crippen molar-refractivity contribution in [3.63, 3.8) is 0 Å². The highest BCUT2D eigenvalue weighted by atomic mass is 79.9. The van der Waals surface area contributed by atoms with Crippen LogP contribution in [0.2, 0.25) is 0 Å². The lowest BCUT2D eigenvalue weighted by Crippen LogP contribution is -3.00. The number of hydrogen-bond acceptors (Lipinski definition) is 2. The second-order valence-corrected chi connectivity index (χ2v) is 5.49. The number of unbranched alkanes of at least 4 members (excludes halogenated alkanes) is 5. The number of ether oxygens (including phenoxy) is 1. The van der Waals surface area contributed by atoms with Crippen molar-refractivity contribution in [2.75, 3.05) is 47.0 Å². The molecule has 4 heteroatoms. The molecule has 0 radical (unpaired) electrons. The predicted molar refractivity (Wildman–Crippen MR) is 73.1 cm³/mol. The van der Waals surface area contributed by atoms with Gasteiger partial charge in [0.05, 0.1) is 40.5 Å². The molecule has 0 bridgehead atoms. The molecule has 0 amide bonds. The standard InChI is InChI=1S/C14H32NO2.BrH/c1-4-5-6-7-8-9-10-15(2,3)11-13-17-14-12-16;/h16H,4-14H2,1-3H3;1H/q+1;/p-1. The first kappa shape index (κ1) is 20.7. The van der Waals surface area contributed by atoms with Crippen molar-refractivity contribution in [2.45, 2.75) is 45.4 Å². The van der Waals surface area contributed by atoms with E-state index in [0.717, 1.165) is 17.6 Å². The van der Waals surface area contributed by atoms with Crippen LogP contribution in [0.15, 0.2) is 0 Å². The van der Waals surface area contributed by atoms with Crippen molar-refractivity contribution >= 4 is 0 Å². The summed E-state index contributed by atoms with van der Waals surface area (Å²) >= 11 is 0. The summed E-state index contributed by atoms with van der Waals surface area (Å²) in [7, 11) is 4.52. The van der Waals surface area contributed by atoms with Crippen LogP contribution >= 0.6 is 0 Å². The van der Waals surface area contributed by atoms with Crippen molar-refractivity contribution in [1.82, 2.24) is 0 Å². The third-order valence-electron chi connectivity index (χ3n) is 3.19. The average molecular weight is 326 g/mol. The highest BCUT2D eigenvalue weighted by Gasteiger charge is 2.13. The van der Waals surface area contributed by atoms with Gasteiger partial charge in [0.1, 0.15) is 6.54 Å². The quantitative estimate of drug-likeness (QED) is 0.385. The molecule has 0 saturated carbocycles. The summed E-state index contributed by atoms with van der Waals surface area (Å²) in [5, 5.41) is 8.61. The summed E-state index contributed by atoms with van der Waals surface area (Å²) in [5.41, 5.74) is 0. The predicted octanol–water partition coefficient (Wildman–Crippen LogP) is -0.564. The van der Waals surface area contributed by atoms with Crippen molar-refractivity contribution in [2.24, 2.45) is 0 Å². The zero-order valence-electron chi connectivity index (χ0n) is 12.5. The first-order valence-electron chi connectivity index (χ1n) is 7.13. The number of hydrogen-bond donors (Lipinski definition) is 1. The third-order valence-corrected chi connectivity index (χ3v) is 3.19. The second kappa shape index (κ2) is 13.8. The molecule has 0 fully saturated rings. The third kappa shape index (κ3) is 14.4. The number of likely N-dealkylation sites (N-methyl/N-ethyl adjacent to an activating group) is 1. The molecule has 0 atom stereocenters. The molecule has 0 aromatic heterocycles. The second-order valence-electron chi connectivity index (χ2n) is 5.49. The fourth-order valence-electron chi connectivity index (χ4n) is 1.91. The van der Waals surface area contributed by atoms with E-state index in [4.69, 9.17) is 9.84 Å². The van der Waals surface area contributed by atoms with Gasteiger partial charge in [0.2, 0.25) is 0 Å². The van der Waals surface area contributed by atoms with E-state index < -0.39 is 0 Å². The van der Waals surface area contributed by atoms with Crippen LogP contribution in [0, 0.1) is 0 Å². The van der Waals surface area contributed by atoms with E-state index in [1.54, 1.807) is 0 Å². The van der Waals surface area contributed by atoms with Gasteiger partial charge in [-0.2, -0.15) is 0 Å². The largest absolute Gasteiger partial charge is 1.00 e. The Morgan fingerprint density at radius 2 is 1.50 bits per heavy atom. The Hall–Kier alpha value is 0.360. The van der Waals surface area contributed by atoms with Gasteiger partial charge in [-0.25, -0.2) is 0 Å². The summed E-state index contributed by atoms with van der Waals surface area (Å²) in [4.78, 5) is 0. The van der Waals surface area contributed by atoms with Crippen LogP contribution in [0.1, 0.15) is 45.4 Å². The Balaban J connectivity index is 0. The van der Waals surface area contributed by atoms with Crippen LogP contribution in [0.3, 0.4) is 0 Å². The Kier molecular flexibility index (Phi) is 15.8. The molecule has 0 spiro atoms. The van der Waals surface area contributed by atoms with Crippen LogP contribution in [-0.4, -0.2) is 56.6 Å². The number of aliphatic hydroxyl groups excluding tert-OH is 1. The van der Waals surface area contributed by atoms with Crippen molar-refractivity contribution in [1.29, 1.82) is 0 Å². The van der Waals surface area contributed by atoms with E-state index in [2.05, 4.69) is 21.0 Å². The molecule has 0 aromatic rings. The molecule has 1 N–H and O–H groups in total. The Bertz CT molecular complexity index is 166. The van der Waals surface area contributed by atoms with Gasteiger partial charge in [0.15, 0.2) is 0 Å². The lowest BCUT2D eigenvalue weighted by molar-refractivity contribution is -0.891. The minimum Gasteiger partial charge on any atom is -1.00 e. The summed E-state index contributed by atoms with van der Waals surface area (Å²) in [6.45, 7) is 5.88. The zero-order chi connectivity index (χ0) is 13.0. The summed E-state index contributed by atoms with van der Waals surface area (Å²) in [5.74, 6) is 0. The zero-order valence-corrected chi connectivity index (χ0v) is 14.0. The van der Waals surface area contributed by atoms with Gasteiger partial charge in [0.25, 0.3) is 0 Å². The van der Waals surface area contributed by atoms with Gasteiger partial charge in [0, 0.05) is 0 Å². The highest BCUT2D eigenvalue weighted by Crippen LogP contribution is 2.08. The first-order chi connectivity index (χ1) is 8.12. The number of aliphatic hydroxyl groups is 1. The van der Waals surface area contributed by atoms with Crippen molar-refractivity contribution in [3.8, 4) is 0 Å². The van der Waals surface area contributed by atoms with E-state index in [1.807, 2.05) is 0 Å². The Labute approximate surface area is 124 Å². The van der Waals surface area contributed by atoms with E-state index >= 15 is 0 Å². The van der Waals surface area contributed by atoms with Crippen LogP contribution in [0.4, 0.5) is 0 Å². The van der Waals surface area contributed by atoms with Gasteiger partial charge in [-0.1, -0.05) is 32.6 Å². The number of nitrogens with zero attached hydrogens (tertiary/aromatic N) is 1. The van der Waals surface area contributed by atoms with E-state index in [9.17, 15) is 0 Å². The number of quaternary nitrogens is 1. The molecule has 0 unspecified atom stereocenters. The Morgan fingerprint density at radius 1 is 0.889 bits per heavy atom. The summed E-state index contributed by atoms with van der Waals surface area (Å²) < 4.78 is 6.34. The van der Waals surface area contributed by atoms with Crippen LogP contribution in [0.5, 0.6) is 0 Å². The molecule has 0 saturated heterocycles. The molecule has 0 aliphatic heterocycles. The van der Waals surface area contributed by atoms with E-state index in [0.29, 0.717) is 6.61 Å². The van der Waals surface area contributed by atoms with Gasteiger partial charge in [-0.05, 0) is 12.8 Å². The van der Waals surface area contributed by atoms with Crippen LogP contribution < -0.4 is 17.0 Å². The SMILES string of the molecule is CCCCCCCC[N+](C)(C)CCOCCO.[Br-]. The molecule has 0 aromatic carbocycles. The molecule has 112 valence electrons. The van der Waals surface area contributed by atoms with E-state index in [-0.39, 0.29) is 23.6 Å². The smallest absolute Gasteiger partial charge is 0.102 e. The van der Waals surface area contributed by atoms with Gasteiger partial charge in [-0.15, -0.1) is 0 Å². The molecular formula is C14H32BrNO2. The molecule has 0 rings (SSSR count). The summed E-state index contributed by atoms with van der Waals surface area (Å²) in [6, 6.07) is 0. The molecule has 3 nitrogen and oxygen atoms in total. The number of rotatable bonds is 12. The highest BCUT2D eigenvalue weighted by molar-refractivity contribution is 4.44. The van der Waals surface area contributed by atoms with Gasteiger partial charge in [-0.3, -0.25) is 0 Å². The fraction of sp³-hybridized carbons (Fsp3) is 1.00. The van der Waals surface area contributed by atoms with Crippen LogP contribution in [-0.2, 0) is 4.74 Å². The van der Waals surface area contributed by atoms with E-state index in [1.165, 1.54) is 45.1 Å². The maximum absolute atomic E-state index is 8.61. The topological polar surface area (TPSA) is 29.5 Å². The molecule has 0 heterocycles. The lowest BCUT2D eigenvalue weighted by Gasteiger charge is -2.29. The van der Waals surface area contributed by atoms with Crippen molar-refractivity contribution < 1.29 is 31.3 Å². The molecular weight excluding hydrogens is 294 g/mol. The molecule has 0 aliphatic rings. The van der Waals surface area contributed by atoms with Gasteiger partial charge >= 0.3 is 0 Å². The van der Waals surface area contributed by atoms with Crippen molar-refractivity contribution in [3.05, 3.63) is 0 Å². The number of halogens is 1. The minimum atomic E-state index is 0. The monoisotopic (exact) mass is 325 g/mol. The lowest BCUT2D eigenvalue weighted by atomic mass is 10.1. The minimum absolute atomic E-state index is 0. The molecule has 18 heavy (non-hydrogen) atoms.